The standard InChI is InChI=1S/C14H12BrNO4S2/c15-9-3-4-10(20-5-1-2-12(17)18)8(6-9)7-11-13(19)16-14(21)22-11/h3-4,6-7H,1-2,5H2,(H,17,18)(H,16,19,21). The van der Waals surface area contributed by atoms with Gasteiger partial charge in [-0.15, -0.1) is 0 Å². The number of thioether (sulfide) groups is 1. The van der Waals surface area contributed by atoms with Gasteiger partial charge in [-0.2, -0.15) is 0 Å². The van der Waals surface area contributed by atoms with E-state index in [4.69, 9.17) is 22.1 Å². The van der Waals surface area contributed by atoms with Crippen LogP contribution in [0.1, 0.15) is 18.4 Å². The van der Waals surface area contributed by atoms with Crippen molar-refractivity contribution in [1.29, 1.82) is 0 Å². The van der Waals surface area contributed by atoms with Gasteiger partial charge in [-0.1, -0.05) is 39.9 Å². The van der Waals surface area contributed by atoms with E-state index in [0.29, 0.717) is 28.0 Å². The lowest BCUT2D eigenvalue weighted by atomic mass is 10.2. The van der Waals surface area contributed by atoms with Crippen LogP contribution in [0.2, 0.25) is 0 Å². The lowest BCUT2D eigenvalue weighted by Crippen LogP contribution is -2.17. The molecule has 5 nitrogen and oxygen atoms in total. The molecule has 1 aromatic carbocycles. The summed E-state index contributed by atoms with van der Waals surface area (Å²) >= 11 is 9.53. The molecule has 1 aromatic rings. The first-order valence-electron chi connectivity index (χ1n) is 6.34. The molecular formula is C14H12BrNO4S2. The van der Waals surface area contributed by atoms with E-state index in [0.717, 1.165) is 10.0 Å². The maximum absolute atomic E-state index is 11.7. The average Bonchev–Trinajstić information content (AvgIpc) is 2.74. The Morgan fingerprint density at radius 1 is 1.50 bits per heavy atom. The molecule has 1 heterocycles. The summed E-state index contributed by atoms with van der Waals surface area (Å²) < 4.78 is 6.89. The molecule has 22 heavy (non-hydrogen) atoms. The van der Waals surface area contributed by atoms with Gasteiger partial charge in [-0.05, 0) is 30.7 Å². The molecule has 1 aliphatic heterocycles. The second-order valence-electron chi connectivity index (χ2n) is 4.38. The third-order valence-electron chi connectivity index (χ3n) is 2.69. The zero-order valence-electron chi connectivity index (χ0n) is 11.3. The monoisotopic (exact) mass is 401 g/mol. The van der Waals surface area contributed by atoms with Gasteiger partial charge < -0.3 is 15.2 Å². The quantitative estimate of drug-likeness (QED) is 0.433. The first kappa shape index (κ1) is 17.0. The summed E-state index contributed by atoms with van der Waals surface area (Å²) in [5.41, 5.74) is 0.729. The van der Waals surface area contributed by atoms with Crippen molar-refractivity contribution in [2.75, 3.05) is 6.61 Å². The highest BCUT2D eigenvalue weighted by Crippen LogP contribution is 2.31. The fourth-order valence-electron chi connectivity index (χ4n) is 1.73. The van der Waals surface area contributed by atoms with Crippen molar-refractivity contribution in [3.05, 3.63) is 33.1 Å². The Bertz CT molecular complexity index is 660. The van der Waals surface area contributed by atoms with Gasteiger partial charge in [0.25, 0.3) is 5.91 Å². The van der Waals surface area contributed by atoms with Crippen molar-refractivity contribution in [3.63, 3.8) is 0 Å². The Balaban J connectivity index is 2.14. The largest absolute Gasteiger partial charge is 0.493 e. The Morgan fingerprint density at radius 3 is 2.91 bits per heavy atom. The van der Waals surface area contributed by atoms with Gasteiger partial charge in [-0.25, -0.2) is 0 Å². The summed E-state index contributed by atoms with van der Waals surface area (Å²) in [6.07, 6.45) is 2.18. The van der Waals surface area contributed by atoms with Crippen LogP contribution in [0.25, 0.3) is 6.08 Å². The molecule has 1 saturated heterocycles. The molecule has 2 N–H and O–H groups in total. The number of hydrogen-bond acceptors (Lipinski definition) is 5. The Hall–Kier alpha value is -1.38. The summed E-state index contributed by atoms with van der Waals surface area (Å²) in [6.45, 7) is 0.294. The highest BCUT2D eigenvalue weighted by atomic mass is 79.9. The van der Waals surface area contributed by atoms with Gasteiger partial charge >= 0.3 is 5.97 Å². The number of hydrogen-bond donors (Lipinski definition) is 2. The third-order valence-corrected chi connectivity index (χ3v) is 4.35. The van der Waals surface area contributed by atoms with E-state index in [2.05, 4.69) is 21.2 Å². The molecule has 0 aromatic heterocycles. The van der Waals surface area contributed by atoms with Crippen LogP contribution < -0.4 is 10.1 Å². The van der Waals surface area contributed by atoms with Crippen molar-refractivity contribution >= 4 is 62.2 Å². The van der Waals surface area contributed by atoms with Gasteiger partial charge in [0.05, 0.1) is 11.5 Å². The molecule has 0 saturated carbocycles. The first-order chi connectivity index (χ1) is 10.5. The fourth-order valence-corrected chi connectivity index (χ4v) is 3.15. The maximum atomic E-state index is 11.7. The van der Waals surface area contributed by atoms with E-state index < -0.39 is 5.97 Å². The number of amides is 1. The zero-order chi connectivity index (χ0) is 16.1. The second kappa shape index (κ2) is 7.75. The highest BCUT2D eigenvalue weighted by Gasteiger charge is 2.22. The van der Waals surface area contributed by atoms with Crippen molar-refractivity contribution in [2.24, 2.45) is 0 Å². The summed E-state index contributed by atoms with van der Waals surface area (Å²) in [7, 11) is 0. The summed E-state index contributed by atoms with van der Waals surface area (Å²) in [6, 6.07) is 5.42. The van der Waals surface area contributed by atoms with Crippen molar-refractivity contribution in [1.82, 2.24) is 5.32 Å². The number of benzene rings is 1. The van der Waals surface area contributed by atoms with Gasteiger partial charge in [0.15, 0.2) is 0 Å². The minimum absolute atomic E-state index is 0.0550. The highest BCUT2D eigenvalue weighted by molar-refractivity contribution is 9.10. The Kier molecular flexibility index (Phi) is 5.98. The molecule has 1 aliphatic rings. The lowest BCUT2D eigenvalue weighted by Gasteiger charge is -2.09. The fraction of sp³-hybridized carbons (Fsp3) is 0.214. The number of nitrogens with one attached hydrogen (secondary N) is 1. The number of halogens is 1. The van der Waals surface area contributed by atoms with E-state index >= 15 is 0 Å². The minimum atomic E-state index is -0.853. The zero-order valence-corrected chi connectivity index (χ0v) is 14.5. The number of carbonyl (C=O) groups excluding carboxylic acids is 1. The lowest BCUT2D eigenvalue weighted by molar-refractivity contribution is -0.137. The van der Waals surface area contributed by atoms with Crippen molar-refractivity contribution < 1.29 is 19.4 Å². The molecule has 0 radical (unpaired) electrons. The van der Waals surface area contributed by atoms with E-state index in [-0.39, 0.29) is 12.3 Å². The molecule has 116 valence electrons. The summed E-state index contributed by atoms with van der Waals surface area (Å²) in [5.74, 6) is -0.492. The molecule has 0 atom stereocenters. The van der Waals surface area contributed by atoms with Gasteiger partial charge in [0.1, 0.15) is 10.1 Å². The molecule has 2 rings (SSSR count). The van der Waals surface area contributed by atoms with Crippen LogP contribution in [0.5, 0.6) is 5.75 Å². The van der Waals surface area contributed by atoms with E-state index in [1.54, 1.807) is 12.1 Å². The van der Waals surface area contributed by atoms with Gasteiger partial charge in [0, 0.05) is 16.5 Å². The van der Waals surface area contributed by atoms with Crippen LogP contribution in [-0.2, 0) is 9.59 Å². The third kappa shape index (κ3) is 4.82. The van der Waals surface area contributed by atoms with Crippen molar-refractivity contribution in [2.45, 2.75) is 12.8 Å². The topological polar surface area (TPSA) is 75.6 Å². The Morgan fingerprint density at radius 2 is 2.27 bits per heavy atom. The number of carbonyl (C=O) groups is 2. The number of carboxylic acids is 1. The predicted molar refractivity (Wildman–Crippen MR) is 92.8 cm³/mol. The number of thiocarbonyl (C=S) groups is 1. The molecular weight excluding hydrogens is 390 g/mol. The summed E-state index contributed by atoms with van der Waals surface area (Å²) in [5, 5.41) is 11.2. The number of aliphatic carboxylic acids is 1. The normalized spacial score (nSPS) is 16.0. The first-order valence-corrected chi connectivity index (χ1v) is 8.36. The summed E-state index contributed by atoms with van der Waals surface area (Å²) in [4.78, 5) is 22.7. The molecule has 0 spiro atoms. The van der Waals surface area contributed by atoms with Gasteiger partial charge in [0.2, 0.25) is 0 Å². The molecule has 0 bridgehead atoms. The number of rotatable bonds is 6. The van der Waals surface area contributed by atoms with Crippen LogP contribution in [0.3, 0.4) is 0 Å². The van der Waals surface area contributed by atoms with Crippen molar-refractivity contribution in [3.8, 4) is 5.75 Å². The molecule has 1 amide bonds. The molecule has 0 aliphatic carbocycles. The van der Waals surface area contributed by atoms with Gasteiger partial charge in [-0.3, -0.25) is 9.59 Å². The minimum Gasteiger partial charge on any atom is -0.493 e. The molecule has 0 unspecified atom stereocenters. The van der Waals surface area contributed by atoms with Crippen LogP contribution in [0, 0.1) is 0 Å². The molecule has 8 heteroatoms. The smallest absolute Gasteiger partial charge is 0.303 e. The molecule has 1 fully saturated rings. The van der Waals surface area contributed by atoms with E-state index in [1.165, 1.54) is 11.8 Å². The van der Waals surface area contributed by atoms with Crippen LogP contribution in [0.4, 0.5) is 0 Å². The van der Waals surface area contributed by atoms with E-state index in [9.17, 15) is 9.59 Å². The van der Waals surface area contributed by atoms with E-state index in [1.807, 2.05) is 12.1 Å². The maximum Gasteiger partial charge on any atom is 0.303 e. The van der Waals surface area contributed by atoms with Crippen LogP contribution in [0.15, 0.2) is 27.6 Å². The number of carboxylic acid groups (broad SMARTS) is 1. The average molecular weight is 402 g/mol. The SMILES string of the molecule is O=C(O)CCCOc1ccc(Br)cc1C=C1SC(=S)NC1=O. The number of ether oxygens (including phenoxy) is 1. The van der Waals surface area contributed by atoms with Crippen LogP contribution >= 0.6 is 39.9 Å². The second-order valence-corrected chi connectivity index (χ2v) is 7.01. The predicted octanol–water partition coefficient (Wildman–Crippen LogP) is 3.18. The Labute approximate surface area is 145 Å². The van der Waals surface area contributed by atoms with Crippen LogP contribution in [-0.4, -0.2) is 27.9 Å².